The summed E-state index contributed by atoms with van der Waals surface area (Å²) in [6, 6.07) is 1.73. The van der Waals surface area contributed by atoms with E-state index in [1.807, 2.05) is 11.9 Å². The van der Waals surface area contributed by atoms with Crippen molar-refractivity contribution in [2.45, 2.75) is 25.9 Å². The van der Waals surface area contributed by atoms with Crippen molar-refractivity contribution < 1.29 is 9.53 Å². The Balaban J connectivity index is 1.66. The summed E-state index contributed by atoms with van der Waals surface area (Å²) in [5, 5.41) is 4.06. The number of nitrogens with zero attached hydrogens (tertiary/aromatic N) is 6. The average Bonchev–Trinajstić information content (AvgIpc) is 3.24. The quantitative estimate of drug-likeness (QED) is 0.787. The first kappa shape index (κ1) is 17.2. The van der Waals surface area contributed by atoms with Crippen molar-refractivity contribution in [2.75, 3.05) is 31.6 Å². The molecule has 0 aliphatic carbocycles. The number of likely N-dealkylation sites (tertiary alicyclic amines) is 1. The molecule has 1 saturated heterocycles. The number of aryl methyl sites for hydroxylation is 1. The van der Waals surface area contributed by atoms with Crippen molar-refractivity contribution in [3.63, 3.8) is 0 Å². The number of hydrogen-bond acceptors (Lipinski definition) is 6. The molecule has 25 heavy (non-hydrogen) atoms. The molecule has 0 saturated carbocycles. The number of carbonyl (C=O) groups is 1. The molecule has 8 heteroatoms. The SMILES string of the molecule is CCCN(C)c1nccnc1OC1CCN(C(=O)c2ccnn2C)C1. The second kappa shape index (κ2) is 7.50. The molecule has 3 heterocycles. The van der Waals surface area contributed by atoms with Gasteiger partial charge in [0.2, 0.25) is 0 Å². The minimum atomic E-state index is -0.0809. The van der Waals surface area contributed by atoms with Crippen LogP contribution in [0, 0.1) is 0 Å². The monoisotopic (exact) mass is 344 g/mol. The predicted octanol–water partition coefficient (Wildman–Crippen LogP) is 1.35. The number of rotatable bonds is 6. The minimum Gasteiger partial charge on any atom is -0.470 e. The fourth-order valence-electron chi connectivity index (χ4n) is 3.02. The van der Waals surface area contributed by atoms with Crippen LogP contribution in [0.15, 0.2) is 24.7 Å². The van der Waals surface area contributed by atoms with E-state index in [0.29, 0.717) is 24.7 Å². The summed E-state index contributed by atoms with van der Waals surface area (Å²) in [4.78, 5) is 25.1. The molecular weight excluding hydrogens is 320 g/mol. The molecule has 0 aromatic carbocycles. The van der Waals surface area contributed by atoms with Crippen LogP contribution in [-0.4, -0.2) is 63.3 Å². The van der Waals surface area contributed by atoms with Crippen LogP contribution in [0.2, 0.25) is 0 Å². The van der Waals surface area contributed by atoms with Gasteiger partial charge in [-0.15, -0.1) is 0 Å². The summed E-state index contributed by atoms with van der Waals surface area (Å²) >= 11 is 0. The molecule has 0 radical (unpaired) electrons. The van der Waals surface area contributed by atoms with E-state index in [1.165, 1.54) is 0 Å². The van der Waals surface area contributed by atoms with E-state index in [2.05, 4.69) is 22.0 Å². The van der Waals surface area contributed by atoms with Crippen LogP contribution in [-0.2, 0) is 7.05 Å². The van der Waals surface area contributed by atoms with Gasteiger partial charge in [0.05, 0.1) is 6.54 Å². The molecular formula is C17H24N6O2. The summed E-state index contributed by atoms with van der Waals surface area (Å²) in [5.41, 5.74) is 0.587. The maximum absolute atomic E-state index is 12.6. The summed E-state index contributed by atoms with van der Waals surface area (Å²) in [5.74, 6) is 1.24. The third-order valence-corrected chi connectivity index (χ3v) is 4.32. The third-order valence-electron chi connectivity index (χ3n) is 4.32. The second-order valence-electron chi connectivity index (χ2n) is 6.23. The molecule has 1 fully saturated rings. The normalized spacial score (nSPS) is 16.9. The fourth-order valence-corrected chi connectivity index (χ4v) is 3.02. The van der Waals surface area contributed by atoms with Gasteiger partial charge in [-0.3, -0.25) is 9.48 Å². The Labute approximate surface area is 147 Å². The highest BCUT2D eigenvalue weighted by molar-refractivity contribution is 5.92. The van der Waals surface area contributed by atoms with Crippen molar-refractivity contribution in [1.29, 1.82) is 0 Å². The van der Waals surface area contributed by atoms with Crippen LogP contribution in [0.3, 0.4) is 0 Å². The Morgan fingerprint density at radius 3 is 2.88 bits per heavy atom. The van der Waals surface area contributed by atoms with Crippen molar-refractivity contribution in [3.05, 3.63) is 30.4 Å². The van der Waals surface area contributed by atoms with Gasteiger partial charge in [0, 0.05) is 52.2 Å². The molecule has 3 rings (SSSR count). The summed E-state index contributed by atoms with van der Waals surface area (Å²) in [6.07, 6.45) is 6.64. The Hall–Kier alpha value is -2.64. The topological polar surface area (TPSA) is 76.4 Å². The first-order valence-electron chi connectivity index (χ1n) is 8.56. The Kier molecular flexibility index (Phi) is 5.16. The van der Waals surface area contributed by atoms with Gasteiger partial charge in [-0.1, -0.05) is 6.92 Å². The molecule has 0 spiro atoms. The van der Waals surface area contributed by atoms with Crippen molar-refractivity contribution in [1.82, 2.24) is 24.6 Å². The third kappa shape index (κ3) is 3.72. The zero-order valence-electron chi connectivity index (χ0n) is 14.9. The lowest BCUT2D eigenvalue weighted by Crippen LogP contribution is -2.32. The molecule has 1 atom stereocenters. The maximum atomic E-state index is 12.6. The van der Waals surface area contributed by atoms with Crippen LogP contribution >= 0.6 is 0 Å². The standard InChI is InChI=1S/C17H24N6O2/c1-4-10-21(2)15-16(19-9-8-18-15)25-13-6-11-23(12-13)17(24)14-5-7-20-22(14)3/h5,7-9,13H,4,6,10-12H2,1-3H3. The first-order valence-corrected chi connectivity index (χ1v) is 8.56. The molecule has 1 amide bonds. The van der Waals surface area contributed by atoms with E-state index >= 15 is 0 Å². The van der Waals surface area contributed by atoms with Crippen LogP contribution < -0.4 is 9.64 Å². The molecule has 1 aliphatic heterocycles. The molecule has 2 aromatic rings. The number of aromatic nitrogens is 4. The van der Waals surface area contributed by atoms with E-state index in [4.69, 9.17) is 4.74 Å². The van der Waals surface area contributed by atoms with E-state index in [1.54, 1.807) is 41.3 Å². The molecule has 0 N–H and O–H groups in total. The van der Waals surface area contributed by atoms with Gasteiger partial charge >= 0.3 is 0 Å². The molecule has 0 bridgehead atoms. The van der Waals surface area contributed by atoms with Crippen LogP contribution in [0.1, 0.15) is 30.3 Å². The smallest absolute Gasteiger partial charge is 0.272 e. The van der Waals surface area contributed by atoms with Crippen molar-refractivity contribution in [3.8, 4) is 5.88 Å². The number of ether oxygens (including phenoxy) is 1. The Morgan fingerprint density at radius 2 is 2.16 bits per heavy atom. The largest absolute Gasteiger partial charge is 0.470 e. The summed E-state index contributed by atoms with van der Waals surface area (Å²) in [7, 11) is 3.75. The predicted molar refractivity (Wildman–Crippen MR) is 93.7 cm³/mol. The number of amides is 1. The Morgan fingerprint density at radius 1 is 1.36 bits per heavy atom. The van der Waals surface area contributed by atoms with Gasteiger partial charge in [-0.05, 0) is 12.5 Å². The minimum absolute atomic E-state index is 0.0198. The number of anilines is 1. The van der Waals surface area contributed by atoms with Crippen LogP contribution in [0.25, 0.3) is 0 Å². The first-order chi connectivity index (χ1) is 12.1. The second-order valence-corrected chi connectivity index (χ2v) is 6.23. The number of carbonyl (C=O) groups excluding carboxylic acids is 1. The van der Waals surface area contributed by atoms with Crippen molar-refractivity contribution in [2.24, 2.45) is 7.05 Å². The van der Waals surface area contributed by atoms with E-state index < -0.39 is 0 Å². The van der Waals surface area contributed by atoms with Crippen LogP contribution in [0.5, 0.6) is 5.88 Å². The van der Waals surface area contributed by atoms with Crippen LogP contribution in [0.4, 0.5) is 5.82 Å². The lowest BCUT2D eigenvalue weighted by Gasteiger charge is -2.21. The van der Waals surface area contributed by atoms with Gasteiger partial charge in [0.25, 0.3) is 11.8 Å². The highest BCUT2D eigenvalue weighted by Gasteiger charge is 2.30. The lowest BCUT2D eigenvalue weighted by atomic mass is 10.3. The van der Waals surface area contributed by atoms with E-state index in [-0.39, 0.29) is 12.0 Å². The van der Waals surface area contributed by atoms with Gasteiger partial charge in [-0.25, -0.2) is 9.97 Å². The number of hydrogen-bond donors (Lipinski definition) is 0. The molecule has 1 unspecified atom stereocenters. The maximum Gasteiger partial charge on any atom is 0.272 e. The highest BCUT2D eigenvalue weighted by atomic mass is 16.5. The van der Waals surface area contributed by atoms with Crippen molar-refractivity contribution >= 4 is 11.7 Å². The van der Waals surface area contributed by atoms with Gasteiger partial charge < -0.3 is 14.5 Å². The zero-order valence-corrected chi connectivity index (χ0v) is 14.9. The zero-order chi connectivity index (χ0) is 17.8. The Bertz CT molecular complexity index is 731. The fraction of sp³-hybridized carbons (Fsp3) is 0.529. The average molecular weight is 344 g/mol. The molecule has 2 aromatic heterocycles. The molecule has 1 aliphatic rings. The molecule has 8 nitrogen and oxygen atoms in total. The van der Waals surface area contributed by atoms with Gasteiger partial charge in [0.15, 0.2) is 5.82 Å². The summed E-state index contributed by atoms with van der Waals surface area (Å²) < 4.78 is 7.66. The van der Waals surface area contributed by atoms with Gasteiger partial charge in [0.1, 0.15) is 11.8 Å². The van der Waals surface area contributed by atoms with Gasteiger partial charge in [-0.2, -0.15) is 5.10 Å². The summed E-state index contributed by atoms with van der Waals surface area (Å²) in [6.45, 7) is 4.20. The highest BCUT2D eigenvalue weighted by Crippen LogP contribution is 2.25. The molecule has 134 valence electrons. The lowest BCUT2D eigenvalue weighted by molar-refractivity contribution is 0.0760. The van der Waals surface area contributed by atoms with E-state index in [0.717, 1.165) is 25.2 Å². The van der Waals surface area contributed by atoms with E-state index in [9.17, 15) is 4.79 Å².